The maximum Gasteiger partial charge on any atom is 0.275 e. The van der Waals surface area contributed by atoms with Crippen LogP contribution in [0.1, 0.15) is 15.9 Å². The quantitative estimate of drug-likeness (QED) is 0.509. The molecule has 4 nitrogen and oxygen atoms in total. The van der Waals surface area contributed by atoms with Gasteiger partial charge in [0.15, 0.2) is 0 Å². The van der Waals surface area contributed by atoms with E-state index >= 15 is 0 Å². The van der Waals surface area contributed by atoms with Crippen molar-refractivity contribution in [3.63, 3.8) is 0 Å². The van der Waals surface area contributed by atoms with Crippen molar-refractivity contribution < 1.29 is 14.4 Å². The topological polar surface area (TPSA) is 47.6 Å². The fourth-order valence-electron chi connectivity index (χ4n) is 2.57. The van der Waals surface area contributed by atoms with Gasteiger partial charge in [-0.05, 0) is 41.8 Å². The fraction of sp³-hybridized carbons (Fsp3) is 0.136. The van der Waals surface area contributed by atoms with Crippen LogP contribution in [0.5, 0.6) is 5.75 Å². The summed E-state index contributed by atoms with van der Waals surface area (Å²) in [4.78, 5) is 17.7. The van der Waals surface area contributed by atoms with Gasteiger partial charge in [0.1, 0.15) is 19.0 Å². The van der Waals surface area contributed by atoms with E-state index in [1.165, 1.54) is 0 Å². The molecule has 3 aromatic rings. The minimum atomic E-state index is -0.264. The molecule has 0 bridgehead atoms. The first-order valence-corrected chi connectivity index (χ1v) is 8.50. The van der Waals surface area contributed by atoms with Crippen molar-refractivity contribution in [3.05, 3.63) is 90.0 Å². The van der Waals surface area contributed by atoms with Gasteiger partial charge in [-0.2, -0.15) is 0 Å². The summed E-state index contributed by atoms with van der Waals surface area (Å²) in [5.41, 5.74) is 6.04. The zero-order valence-corrected chi connectivity index (χ0v) is 14.6. The summed E-state index contributed by atoms with van der Waals surface area (Å²) in [5.74, 6) is 0.508. The van der Waals surface area contributed by atoms with Gasteiger partial charge in [0.05, 0.1) is 0 Å². The summed E-state index contributed by atoms with van der Waals surface area (Å²) in [6.45, 7) is 2.52. The Hall–Kier alpha value is -3.11. The Morgan fingerprint density at radius 1 is 0.846 bits per heavy atom. The first kappa shape index (κ1) is 17.7. The predicted molar refractivity (Wildman–Crippen MR) is 102 cm³/mol. The van der Waals surface area contributed by atoms with Gasteiger partial charge in [-0.3, -0.25) is 9.63 Å². The summed E-state index contributed by atoms with van der Waals surface area (Å²) in [6, 6.07) is 25.3. The highest BCUT2D eigenvalue weighted by atomic mass is 16.7. The number of hydroxylamine groups is 1. The number of aryl methyl sites for hydroxylation is 1. The molecule has 0 fully saturated rings. The number of ether oxygens (including phenoxy) is 1. The summed E-state index contributed by atoms with van der Waals surface area (Å²) in [5, 5.41) is 0. The van der Waals surface area contributed by atoms with Crippen molar-refractivity contribution in [2.24, 2.45) is 0 Å². The Kier molecular flexibility index (Phi) is 6.01. The number of hydrogen-bond donors (Lipinski definition) is 1. The molecule has 26 heavy (non-hydrogen) atoms. The molecule has 0 aromatic heterocycles. The maximum atomic E-state index is 12.4. The largest absolute Gasteiger partial charge is 0.491 e. The van der Waals surface area contributed by atoms with Crippen LogP contribution in [0.3, 0.4) is 0 Å². The highest BCUT2D eigenvalue weighted by molar-refractivity contribution is 5.96. The van der Waals surface area contributed by atoms with Crippen LogP contribution >= 0.6 is 0 Å². The van der Waals surface area contributed by atoms with Gasteiger partial charge in [0, 0.05) is 5.56 Å². The van der Waals surface area contributed by atoms with Gasteiger partial charge < -0.3 is 4.74 Å². The fourth-order valence-corrected chi connectivity index (χ4v) is 2.57. The Balaban J connectivity index is 1.54. The lowest BCUT2D eigenvalue weighted by Crippen LogP contribution is -2.26. The van der Waals surface area contributed by atoms with Crippen LogP contribution in [0.4, 0.5) is 0 Å². The van der Waals surface area contributed by atoms with Gasteiger partial charge in [0.2, 0.25) is 0 Å². The monoisotopic (exact) mass is 347 g/mol. The van der Waals surface area contributed by atoms with Crippen LogP contribution in [-0.2, 0) is 4.84 Å². The number of para-hydroxylation sites is 1. The number of amides is 1. The van der Waals surface area contributed by atoms with Crippen molar-refractivity contribution >= 4 is 5.91 Å². The third kappa shape index (κ3) is 4.71. The molecule has 132 valence electrons. The van der Waals surface area contributed by atoms with Gasteiger partial charge in [0.25, 0.3) is 5.91 Å². The highest BCUT2D eigenvalue weighted by Gasteiger charge is 2.11. The van der Waals surface area contributed by atoms with Crippen LogP contribution in [0, 0.1) is 6.92 Å². The summed E-state index contributed by atoms with van der Waals surface area (Å²) in [7, 11) is 0. The average molecular weight is 347 g/mol. The van der Waals surface area contributed by atoms with Gasteiger partial charge in [-0.15, -0.1) is 0 Å². The van der Waals surface area contributed by atoms with Gasteiger partial charge >= 0.3 is 0 Å². The smallest absolute Gasteiger partial charge is 0.275 e. The molecule has 3 aromatic carbocycles. The minimum absolute atomic E-state index is 0.262. The minimum Gasteiger partial charge on any atom is -0.491 e. The zero-order valence-electron chi connectivity index (χ0n) is 14.6. The summed E-state index contributed by atoms with van der Waals surface area (Å²) in [6.07, 6.45) is 0. The molecule has 0 saturated carbocycles. The van der Waals surface area contributed by atoms with E-state index in [2.05, 4.69) is 5.48 Å². The van der Waals surface area contributed by atoms with Crippen LogP contribution < -0.4 is 10.2 Å². The Morgan fingerprint density at radius 2 is 1.54 bits per heavy atom. The van der Waals surface area contributed by atoms with Crippen molar-refractivity contribution in [1.82, 2.24) is 5.48 Å². The van der Waals surface area contributed by atoms with E-state index in [4.69, 9.17) is 9.57 Å². The van der Waals surface area contributed by atoms with E-state index in [9.17, 15) is 4.79 Å². The Morgan fingerprint density at radius 3 is 2.27 bits per heavy atom. The zero-order chi connectivity index (χ0) is 18.2. The average Bonchev–Trinajstić information content (AvgIpc) is 2.69. The molecule has 1 N–H and O–H groups in total. The molecule has 0 atom stereocenters. The van der Waals surface area contributed by atoms with Gasteiger partial charge in [-0.25, -0.2) is 5.48 Å². The first-order valence-electron chi connectivity index (χ1n) is 8.50. The number of benzene rings is 3. The maximum absolute atomic E-state index is 12.4. The van der Waals surface area contributed by atoms with Crippen molar-refractivity contribution in [2.45, 2.75) is 6.92 Å². The van der Waals surface area contributed by atoms with Crippen LogP contribution in [0.2, 0.25) is 0 Å². The Bertz CT molecular complexity index is 848. The summed E-state index contributed by atoms with van der Waals surface area (Å²) < 4.78 is 5.52. The number of nitrogens with one attached hydrogen (secondary N) is 1. The van der Waals surface area contributed by atoms with E-state index < -0.39 is 0 Å². The third-order valence-electron chi connectivity index (χ3n) is 3.95. The molecule has 3 rings (SSSR count). The van der Waals surface area contributed by atoms with E-state index in [-0.39, 0.29) is 12.5 Å². The second kappa shape index (κ2) is 8.83. The number of hydrogen-bond acceptors (Lipinski definition) is 3. The van der Waals surface area contributed by atoms with E-state index in [1.54, 1.807) is 0 Å². The SMILES string of the molecule is Cc1ccc(-c2ccccc2)cc1C(=O)NOCCOc1ccccc1. The van der Waals surface area contributed by atoms with Crippen LogP contribution in [0.15, 0.2) is 78.9 Å². The molecular formula is C22H21NO3. The standard InChI is InChI=1S/C22H21NO3/c1-17-12-13-19(18-8-4-2-5-9-18)16-21(17)22(24)23-26-15-14-25-20-10-6-3-7-11-20/h2-13,16H,14-15H2,1H3,(H,23,24). The van der Waals surface area contributed by atoms with Gasteiger partial charge in [-0.1, -0.05) is 60.7 Å². The Labute approximate surface area is 153 Å². The lowest BCUT2D eigenvalue weighted by molar-refractivity contribution is 0.0200. The van der Waals surface area contributed by atoms with E-state index in [0.717, 1.165) is 22.4 Å². The van der Waals surface area contributed by atoms with Crippen molar-refractivity contribution in [3.8, 4) is 16.9 Å². The molecule has 0 aliphatic heterocycles. The van der Waals surface area contributed by atoms with Crippen LogP contribution in [0.25, 0.3) is 11.1 Å². The molecule has 0 aliphatic rings. The second-order valence-electron chi connectivity index (χ2n) is 5.84. The van der Waals surface area contributed by atoms with E-state index in [0.29, 0.717) is 12.2 Å². The molecule has 0 aliphatic carbocycles. The molecule has 0 unspecified atom stereocenters. The highest BCUT2D eigenvalue weighted by Crippen LogP contribution is 2.22. The van der Waals surface area contributed by atoms with Crippen molar-refractivity contribution in [1.29, 1.82) is 0 Å². The normalized spacial score (nSPS) is 10.3. The van der Waals surface area contributed by atoms with E-state index in [1.807, 2.05) is 85.8 Å². The van der Waals surface area contributed by atoms with Crippen molar-refractivity contribution in [2.75, 3.05) is 13.2 Å². The summed E-state index contributed by atoms with van der Waals surface area (Å²) >= 11 is 0. The van der Waals surface area contributed by atoms with Crippen LogP contribution in [-0.4, -0.2) is 19.1 Å². The molecule has 1 amide bonds. The second-order valence-corrected chi connectivity index (χ2v) is 5.84. The number of carbonyl (C=O) groups excluding carboxylic acids is 1. The molecular weight excluding hydrogens is 326 g/mol. The lowest BCUT2D eigenvalue weighted by atomic mass is 9.99. The first-order chi connectivity index (χ1) is 12.7. The molecule has 0 heterocycles. The molecule has 0 saturated heterocycles. The lowest BCUT2D eigenvalue weighted by Gasteiger charge is -2.11. The number of rotatable bonds is 7. The predicted octanol–water partition coefficient (Wildman–Crippen LogP) is 4.40. The molecule has 0 spiro atoms. The molecule has 0 radical (unpaired) electrons. The molecule has 4 heteroatoms. The third-order valence-corrected chi connectivity index (χ3v) is 3.95. The number of carbonyl (C=O) groups is 1.